The molecule has 0 aliphatic rings. The zero-order valence-corrected chi connectivity index (χ0v) is 16.6. The molecular formula is C19H22BrNO4. The number of nitrogens with one attached hydrogen (secondary N) is 1. The zero-order chi connectivity index (χ0) is 18.6. The minimum absolute atomic E-state index is 0.265. The standard InChI is InChI=1S/C19H22BrNO4/c1-11(2)12-8-6-7-9-14(12)21-19(22)13-10-15(23-3)17(24-4)18(25-5)16(13)20/h6-11H,1-5H3,(H,21,22). The SMILES string of the molecule is COc1cc(C(=O)Nc2ccccc2C(C)C)c(Br)c(OC)c1OC. The van der Waals surface area contributed by atoms with Gasteiger partial charge in [-0.1, -0.05) is 32.0 Å². The smallest absolute Gasteiger partial charge is 0.257 e. The van der Waals surface area contributed by atoms with Crippen LogP contribution in [0.4, 0.5) is 5.69 Å². The molecule has 0 aromatic heterocycles. The molecule has 134 valence electrons. The predicted molar refractivity (Wildman–Crippen MR) is 102 cm³/mol. The minimum Gasteiger partial charge on any atom is -0.493 e. The Labute approximate surface area is 156 Å². The van der Waals surface area contributed by atoms with Gasteiger partial charge in [-0.15, -0.1) is 0 Å². The molecule has 0 saturated heterocycles. The summed E-state index contributed by atoms with van der Waals surface area (Å²) in [7, 11) is 4.55. The first-order chi connectivity index (χ1) is 11.9. The second-order valence-electron chi connectivity index (χ2n) is 5.70. The number of halogens is 1. The van der Waals surface area contributed by atoms with E-state index in [0.717, 1.165) is 11.3 Å². The Morgan fingerprint density at radius 3 is 2.24 bits per heavy atom. The van der Waals surface area contributed by atoms with Crippen molar-refractivity contribution in [1.29, 1.82) is 0 Å². The van der Waals surface area contributed by atoms with Crippen LogP contribution in [0.5, 0.6) is 17.2 Å². The van der Waals surface area contributed by atoms with E-state index in [-0.39, 0.29) is 5.91 Å². The maximum absolute atomic E-state index is 12.9. The van der Waals surface area contributed by atoms with Crippen LogP contribution in [0, 0.1) is 0 Å². The van der Waals surface area contributed by atoms with Gasteiger partial charge in [0.2, 0.25) is 5.75 Å². The number of benzene rings is 2. The number of ether oxygens (including phenoxy) is 3. The Morgan fingerprint density at radius 1 is 1.04 bits per heavy atom. The van der Waals surface area contributed by atoms with Crippen molar-refractivity contribution < 1.29 is 19.0 Å². The molecule has 2 aromatic rings. The first-order valence-corrected chi connectivity index (χ1v) is 8.62. The van der Waals surface area contributed by atoms with E-state index in [1.54, 1.807) is 6.07 Å². The lowest BCUT2D eigenvalue weighted by Crippen LogP contribution is -2.15. The lowest BCUT2D eigenvalue weighted by atomic mass is 10.0. The summed E-state index contributed by atoms with van der Waals surface area (Å²) in [5.74, 6) is 1.28. The van der Waals surface area contributed by atoms with Crippen LogP contribution in [0.2, 0.25) is 0 Å². The van der Waals surface area contributed by atoms with E-state index in [9.17, 15) is 4.79 Å². The molecule has 25 heavy (non-hydrogen) atoms. The normalized spacial score (nSPS) is 10.5. The quantitative estimate of drug-likeness (QED) is 0.743. The molecule has 5 nitrogen and oxygen atoms in total. The Kier molecular flexibility index (Phi) is 6.31. The molecule has 0 heterocycles. The number of carbonyl (C=O) groups is 1. The van der Waals surface area contributed by atoms with Crippen molar-refractivity contribution in [3.63, 3.8) is 0 Å². The second-order valence-corrected chi connectivity index (χ2v) is 6.50. The van der Waals surface area contributed by atoms with E-state index in [2.05, 4.69) is 35.1 Å². The van der Waals surface area contributed by atoms with Crippen molar-refractivity contribution in [3.8, 4) is 17.2 Å². The first kappa shape index (κ1) is 19.1. The van der Waals surface area contributed by atoms with E-state index >= 15 is 0 Å². The number of hydrogen-bond donors (Lipinski definition) is 1. The summed E-state index contributed by atoms with van der Waals surface area (Å²) >= 11 is 3.44. The second kappa shape index (κ2) is 8.25. The molecule has 0 saturated carbocycles. The molecule has 2 rings (SSSR count). The highest BCUT2D eigenvalue weighted by Gasteiger charge is 2.23. The molecule has 0 atom stereocenters. The summed E-state index contributed by atoms with van der Waals surface area (Å²) in [6.07, 6.45) is 0. The van der Waals surface area contributed by atoms with Gasteiger partial charge in [-0.3, -0.25) is 4.79 Å². The van der Waals surface area contributed by atoms with Gasteiger partial charge < -0.3 is 19.5 Å². The Hall–Kier alpha value is -2.21. The zero-order valence-electron chi connectivity index (χ0n) is 15.0. The fourth-order valence-electron chi connectivity index (χ4n) is 2.59. The molecule has 0 aliphatic heterocycles. The average molecular weight is 408 g/mol. The van der Waals surface area contributed by atoms with Gasteiger partial charge in [0.25, 0.3) is 5.91 Å². The van der Waals surface area contributed by atoms with Crippen molar-refractivity contribution in [1.82, 2.24) is 0 Å². The van der Waals surface area contributed by atoms with Crippen LogP contribution in [-0.2, 0) is 0 Å². The van der Waals surface area contributed by atoms with Gasteiger partial charge >= 0.3 is 0 Å². The average Bonchev–Trinajstić information content (AvgIpc) is 2.61. The van der Waals surface area contributed by atoms with Crippen molar-refractivity contribution in [2.45, 2.75) is 19.8 Å². The number of anilines is 1. The molecule has 0 aliphatic carbocycles. The maximum atomic E-state index is 12.9. The van der Waals surface area contributed by atoms with Crippen LogP contribution in [0.1, 0.15) is 35.7 Å². The third-order valence-electron chi connectivity index (χ3n) is 3.85. The Balaban J connectivity index is 2.47. The van der Waals surface area contributed by atoms with Crippen molar-refractivity contribution in [2.24, 2.45) is 0 Å². The summed E-state index contributed by atoms with van der Waals surface area (Å²) in [6, 6.07) is 9.37. The van der Waals surface area contributed by atoms with Gasteiger partial charge in [-0.25, -0.2) is 0 Å². The van der Waals surface area contributed by atoms with E-state index in [4.69, 9.17) is 14.2 Å². The number of carbonyl (C=O) groups excluding carboxylic acids is 1. The summed E-state index contributed by atoms with van der Waals surface area (Å²) in [4.78, 5) is 12.9. The largest absolute Gasteiger partial charge is 0.493 e. The maximum Gasteiger partial charge on any atom is 0.257 e. The number of para-hydroxylation sites is 1. The molecule has 6 heteroatoms. The molecule has 0 fully saturated rings. The molecule has 1 N–H and O–H groups in total. The minimum atomic E-state index is -0.265. The van der Waals surface area contributed by atoms with Crippen molar-refractivity contribution >= 4 is 27.5 Å². The summed E-state index contributed by atoms with van der Waals surface area (Å²) in [5, 5.41) is 2.97. The lowest BCUT2D eigenvalue weighted by molar-refractivity contribution is 0.102. The Morgan fingerprint density at radius 2 is 1.68 bits per heavy atom. The third kappa shape index (κ3) is 3.90. The highest BCUT2D eigenvalue weighted by atomic mass is 79.9. The van der Waals surface area contributed by atoms with Crippen LogP contribution in [-0.4, -0.2) is 27.2 Å². The summed E-state index contributed by atoms with van der Waals surface area (Å²) in [6.45, 7) is 4.17. The molecule has 0 radical (unpaired) electrons. The van der Waals surface area contributed by atoms with E-state index in [0.29, 0.717) is 33.2 Å². The topological polar surface area (TPSA) is 56.8 Å². The first-order valence-electron chi connectivity index (χ1n) is 7.83. The van der Waals surface area contributed by atoms with Gasteiger partial charge in [0.15, 0.2) is 11.5 Å². The van der Waals surface area contributed by atoms with Crippen molar-refractivity contribution in [3.05, 3.63) is 45.9 Å². The van der Waals surface area contributed by atoms with Gasteiger partial charge in [-0.05, 0) is 39.5 Å². The summed E-state index contributed by atoms with van der Waals surface area (Å²) in [5.41, 5.74) is 2.25. The van der Waals surface area contributed by atoms with E-state index in [1.165, 1.54) is 21.3 Å². The van der Waals surface area contributed by atoms with Gasteiger partial charge in [0.05, 0.1) is 31.4 Å². The van der Waals surface area contributed by atoms with Crippen LogP contribution < -0.4 is 19.5 Å². The van der Waals surface area contributed by atoms with Gasteiger partial charge in [-0.2, -0.15) is 0 Å². The number of rotatable bonds is 6. The van der Waals surface area contributed by atoms with Crippen LogP contribution in [0.15, 0.2) is 34.8 Å². The van der Waals surface area contributed by atoms with Crippen LogP contribution >= 0.6 is 15.9 Å². The number of hydrogen-bond acceptors (Lipinski definition) is 4. The van der Waals surface area contributed by atoms with Gasteiger partial charge in [0.1, 0.15) is 0 Å². The lowest BCUT2D eigenvalue weighted by Gasteiger charge is -2.18. The fraction of sp³-hybridized carbons (Fsp3) is 0.316. The van der Waals surface area contributed by atoms with Gasteiger partial charge in [0, 0.05) is 5.69 Å². The summed E-state index contributed by atoms with van der Waals surface area (Å²) < 4.78 is 16.5. The van der Waals surface area contributed by atoms with Crippen LogP contribution in [0.25, 0.3) is 0 Å². The van der Waals surface area contributed by atoms with E-state index in [1.807, 2.05) is 24.3 Å². The highest BCUT2D eigenvalue weighted by molar-refractivity contribution is 9.10. The number of amides is 1. The molecule has 0 unspecified atom stereocenters. The van der Waals surface area contributed by atoms with Crippen molar-refractivity contribution in [2.75, 3.05) is 26.6 Å². The Bertz CT molecular complexity index is 774. The third-order valence-corrected chi connectivity index (χ3v) is 4.63. The monoisotopic (exact) mass is 407 g/mol. The molecule has 0 bridgehead atoms. The van der Waals surface area contributed by atoms with E-state index < -0.39 is 0 Å². The molecule has 0 spiro atoms. The molecular weight excluding hydrogens is 386 g/mol. The molecule has 2 aromatic carbocycles. The fourth-order valence-corrected chi connectivity index (χ4v) is 3.23. The highest BCUT2D eigenvalue weighted by Crippen LogP contribution is 2.45. The number of methoxy groups -OCH3 is 3. The predicted octanol–water partition coefficient (Wildman–Crippen LogP) is 4.85. The van der Waals surface area contributed by atoms with Crippen LogP contribution in [0.3, 0.4) is 0 Å². The molecule has 1 amide bonds.